The maximum Gasteiger partial charge on any atom is 0.534 e. The third-order valence-electron chi connectivity index (χ3n) is 2.47. The minimum atomic E-state index is -5.85. The van der Waals surface area contributed by atoms with Gasteiger partial charge in [-0.25, -0.2) is 0 Å². The molecule has 126 valence electrons. The van der Waals surface area contributed by atoms with Crippen LogP contribution in [0, 0.1) is 0 Å². The first kappa shape index (κ1) is 19.0. The van der Waals surface area contributed by atoms with Gasteiger partial charge in [-0.15, -0.1) is 0 Å². The first-order chi connectivity index (χ1) is 10.1. The molecule has 0 atom stereocenters. The van der Waals surface area contributed by atoms with E-state index in [2.05, 4.69) is 20.1 Å². The molecule has 0 aliphatic heterocycles. The summed E-state index contributed by atoms with van der Waals surface area (Å²) in [4.78, 5) is 0. The molecule has 1 aromatic carbocycles. The number of rotatable bonds is 6. The molecular weight excluding hydrogens is 397 g/mol. The van der Waals surface area contributed by atoms with Crippen molar-refractivity contribution in [2.45, 2.75) is 11.8 Å². The minimum absolute atomic E-state index is 0.103. The van der Waals surface area contributed by atoms with Crippen LogP contribution < -0.4 is 8.92 Å². The lowest BCUT2D eigenvalue weighted by molar-refractivity contribution is -0.106. The summed E-state index contributed by atoms with van der Waals surface area (Å²) in [7, 11) is -2.10. The predicted molar refractivity (Wildman–Crippen MR) is 73.1 cm³/mol. The van der Waals surface area contributed by atoms with Crippen molar-refractivity contribution in [1.29, 1.82) is 0 Å². The second-order valence-electron chi connectivity index (χ2n) is 3.79. The number of alkyl halides is 3. The highest BCUT2D eigenvalue weighted by atomic mass is 79.9. The standard InChI is InChI=1S/C11H12BrF3O6S/c1-18-7-5-4-6(10(19-2)20-3)8(12)9(7)21-22(16,17)11(13,14)15/h4-5,10H,1-3H3. The molecule has 11 heteroatoms. The molecule has 0 unspecified atom stereocenters. The monoisotopic (exact) mass is 408 g/mol. The summed E-state index contributed by atoms with van der Waals surface area (Å²) in [6.07, 6.45) is -0.948. The maximum atomic E-state index is 12.5. The Hall–Kier alpha value is -1.04. The van der Waals surface area contributed by atoms with E-state index in [9.17, 15) is 21.6 Å². The number of halogens is 4. The molecule has 0 saturated carbocycles. The average Bonchev–Trinajstić information content (AvgIpc) is 2.42. The molecule has 6 nitrogen and oxygen atoms in total. The number of ether oxygens (including phenoxy) is 3. The summed E-state index contributed by atoms with van der Waals surface area (Å²) in [5.41, 5.74) is -5.35. The fourth-order valence-electron chi connectivity index (χ4n) is 1.48. The van der Waals surface area contributed by atoms with Gasteiger partial charge in [0, 0.05) is 19.8 Å². The Morgan fingerprint density at radius 2 is 1.68 bits per heavy atom. The van der Waals surface area contributed by atoms with Crippen LogP contribution in [0.3, 0.4) is 0 Å². The smallest absolute Gasteiger partial charge is 0.493 e. The molecule has 1 aromatic rings. The van der Waals surface area contributed by atoms with Crippen LogP contribution in [0.2, 0.25) is 0 Å². The molecule has 22 heavy (non-hydrogen) atoms. The number of hydrogen-bond acceptors (Lipinski definition) is 6. The van der Waals surface area contributed by atoms with Crippen molar-refractivity contribution in [3.8, 4) is 11.5 Å². The van der Waals surface area contributed by atoms with Crippen LogP contribution in [0.25, 0.3) is 0 Å². The third-order valence-corrected chi connectivity index (χ3v) is 4.24. The first-order valence-corrected chi connectivity index (χ1v) is 7.72. The van der Waals surface area contributed by atoms with Gasteiger partial charge in [-0.3, -0.25) is 0 Å². The van der Waals surface area contributed by atoms with Gasteiger partial charge in [0.05, 0.1) is 11.6 Å². The first-order valence-electron chi connectivity index (χ1n) is 5.51. The van der Waals surface area contributed by atoms with Crippen LogP contribution in [-0.4, -0.2) is 35.3 Å². The van der Waals surface area contributed by atoms with E-state index in [1.165, 1.54) is 26.4 Å². The van der Waals surface area contributed by atoms with Crippen molar-refractivity contribution in [3.63, 3.8) is 0 Å². The molecular formula is C11H12BrF3O6S. The maximum absolute atomic E-state index is 12.5. The van der Waals surface area contributed by atoms with E-state index in [1.807, 2.05) is 0 Å². The Kier molecular flexibility index (Phi) is 6.07. The molecule has 0 N–H and O–H groups in total. The van der Waals surface area contributed by atoms with Gasteiger partial charge in [0.15, 0.2) is 17.8 Å². The summed E-state index contributed by atoms with van der Waals surface area (Å²) in [5, 5.41) is 0. The molecule has 1 rings (SSSR count). The largest absolute Gasteiger partial charge is 0.534 e. The summed E-state index contributed by atoms with van der Waals surface area (Å²) >= 11 is 2.98. The summed E-state index contributed by atoms with van der Waals surface area (Å²) in [5.74, 6) is -0.870. The summed E-state index contributed by atoms with van der Waals surface area (Å²) in [6, 6.07) is 2.65. The predicted octanol–water partition coefficient (Wildman–Crippen LogP) is 2.98. The van der Waals surface area contributed by atoms with Gasteiger partial charge in [-0.1, -0.05) is 0 Å². The van der Waals surface area contributed by atoms with E-state index in [0.717, 1.165) is 7.11 Å². The lowest BCUT2D eigenvalue weighted by Crippen LogP contribution is -2.28. The van der Waals surface area contributed by atoms with Crippen LogP contribution in [-0.2, 0) is 19.6 Å². The third kappa shape index (κ3) is 3.83. The summed E-state index contributed by atoms with van der Waals surface area (Å²) in [6.45, 7) is 0. The Bertz CT molecular complexity index is 627. The average molecular weight is 409 g/mol. The zero-order valence-corrected chi connectivity index (χ0v) is 14.0. The fourth-order valence-corrected chi connectivity index (χ4v) is 2.66. The Balaban J connectivity index is 3.43. The summed E-state index contributed by atoms with van der Waals surface area (Å²) < 4.78 is 78.6. The van der Waals surface area contributed by atoms with Crippen LogP contribution in [0.4, 0.5) is 13.2 Å². The van der Waals surface area contributed by atoms with Crippen LogP contribution in [0.1, 0.15) is 11.9 Å². The molecule has 0 bridgehead atoms. The second kappa shape index (κ2) is 7.02. The zero-order chi connectivity index (χ0) is 17.1. The normalized spacial score (nSPS) is 12.5. The van der Waals surface area contributed by atoms with E-state index in [-0.39, 0.29) is 15.8 Å². The van der Waals surface area contributed by atoms with Gasteiger partial charge in [0.1, 0.15) is 0 Å². The molecule has 0 aliphatic rings. The second-order valence-corrected chi connectivity index (χ2v) is 6.12. The molecule has 0 amide bonds. The van der Waals surface area contributed by atoms with Crippen molar-refractivity contribution in [2.75, 3.05) is 21.3 Å². The molecule has 0 fully saturated rings. The lowest BCUT2D eigenvalue weighted by atomic mass is 10.2. The highest BCUT2D eigenvalue weighted by Crippen LogP contribution is 2.43. The highest BCUT2D eigenvalue weighted by molar-refractivity contribution is 9.10. The molecule has 0 spiro atoms. The molecule has 0 heterocycles. The molecule has 0 radical (unpaired) electrons. The quantitative estimate of drug-likeness (QED) is 0.409. The van der Waals surface area contributed by atoms with Crippen molar-refractivity contribution < 1.29 is 40.0 Å². The van der Waals surface area contributed by atoms with E-state index < -0.39 is 27.7 Å². The van der Waals surface area contributed by atoms with Gasteiger partial charge in [0.2, 0.25) is 0 Å². The number of benzene rings is 1. The van der Waals surface area contributed by atoms with Crippen molar-refractivity contribution in [3.05, 3.63) is 22.2 Å². The molecule has 0 aliphatic carbocycles. The van der Waals surface area contributed by atoms with Crippen LogP contribution >= 0.6 is 15.9 Å². The van der Waals surface area contributed by atoms with E-state index in [0.29, 0.717) is 0 Å². The molecule has 0 aromatic heterocycles. The van der Waals surface area contributed by atoms with Gasteiger partial charge in [0.25, 0.3) is 0 Å². The van der Waals surface area contributed by atoms with E-state index >= 15 is 0 Å². The van der Waals surface area contributed by atoms with E-state index in [4.69, 9.17) is 14.2 Å². The lowest BCUT2D eigenvalue weighted by Gasteiger charge is -2.19. The minimum Gasteiger partial charge on any atom is -0.493 e. The van der Waals surface area contributed by atoms with Gasteiger partial charge in [-0.05, 0) is 28.1 Å². The van der Waals surface area contributed by atoms with Crippen LogP contribution in [0.15, 0.2) is 16.6 Å². The van der Waals surface area contributed by atoms with Crippen molar-refractivity contribution in [2.24, 2.45) is 0 Å². The Labute approximate surface area is 133 Å². The molecule has 0 saturated heterocycles. The zero-order valence-electron chi connectivity index (χ0n) is 11.6. The van der Waals surface area contributed by atoms with Crippen LogP contribution in [0.5, 0.6) is 11.5 Å². The van der Waals surface area contributed by atoms with Gasteiger partial charge in [-0.2, -0.15) is 21.6 Å². The topological polar surface area (TPSA) is 71.1 Å². The SMILES string of the molecule is COc1ccc(C(OC)OC)c(Br)c1OS(=O)(=O)C(F)(F)F. The van der Waals surface area contributed by atoms with Crippen molar-refractivity contribution >= 4 is 26.0 Å². The Morgan fingerprint density at radius 3 is 2.09 bits per heavy atom. The number of methoxy groups -OCH3 is 3. The van der Waals surface area contributed by atoms with Crippen molar-refractivity contribution in [1.82, 2.24) is 0 Å². The highest BCUT2D eigenvalue weighted by Gasteiger charge is 2.49. The van der Waals surface area contributed by atoms with Gasteiger partial charge < -0.3 is 18.4 Å². The van der Waals surface area contributed by atoms with E-state index in [1.54, 1.807) is 0 Å². The Morgan fingerprint density at radius 1 is 1.14 bits per heavy atom. The van der Waals surface area contributed by atoms with Gasteiger partial charge >= 0.3 is 15.6 Å². The number of hydrogen-bond donors (Lipinski definition) is 0. The fraction of sp³-hybridized carbons (Fsp3) is 0.455.